The van der Waals surface area contributed by atoms with Gasteiger partial charge in [-0.25, -0.2) is 4.98 Å². The van der Waals surface area contributed by atoms with Crippen LogP contribution in [0.4, 0.5) is 11.8 Å². The Hall–Kier alpha value is -1.44. The van der Waals surface area contributed by atoms with E-state index < -0.39 is 0 Å². The van der Waals surface area contributed by atoms with Crippen molar-refractivity contribution in [1.82, 2.24) is 20.8 Å². The van der Waals surface area contributed by atoms with Gasteiger partial charge in [0.1, 0.15) is 5.82 Å². The van der Waals surface area contributed by atoms with Gasteiger partial charge in [-0.15, -0.1) is 0 Å². The molecule has 2 unspecified atom stereocenters. The Morgan fingerprint density at radius 2 is 1.87 bits per heavy atom. The molecule has 2 fully saturated rings. The first kappa shape index (κ1) is 16.4. The Morgan fingerprint density at radius 1 is 1.22 bits per heavy atom. The fourth-order valence-electron chi connectivity index (χ4n) is 3.65. The summed E-state index contributed by atoms with van der Waals surface area (Å²) in [5.74, 6) is 2.31. The molecular formula is C16H29N7. The van der Waals surface area contributed by atoms with Gasteiger partial charge in [-0.3, -0.25) is 10.9 Å². The highest BCUT2D eigenvalue weighted by Crippen LogP contribution is 2.35. The fourth-order valence-corrected chi connectivity index (χ4v) is 3.65. The molecule has 6 N–H and O–H groups in total. The van der Waals surface area contributed by atoms with E-state index in [2.05, 4.69) is 52.7 Å². The number of nitrogens with zero attached hydrogens (tertiary/aromatic N) is 3. The highest BCUT2D eigenvalue weighted by molar-refractivity contribution is 5.44. The van der Waals surface area contributed by atoms with Crippen molar-refractivity contribution in [2.24, 2.45) is 11.7 Å². The van der Waals surface area contributed by atoms with Crippen molar-refractivity contribution in [3.63, 3.8) is 0 Å². The van der Waals surface area contributed by atoms with Crippen LogP contribution in [0.3, 0.4) is 0 Å². The van der Waals surface area contributed by atoms with E-state index in [-0.39, 0.29) is 0 Å². The minimum Gasteiger partial charge on any atom is -0.368 e. The molecule has 2 aliphatic rings. The van der Waals surface area contributed by atoms with E-state index in [1.54, 1.807) is 0 Å². The number of hydrogen-bond acceptors (Lipinski definition) is 7. The third kappa shape index (κ3) is 3.57. The summed E-state index contributed by atoms with van der Waals surface area (Å²) >= 11 is 0. The number of nitrogen functional groups attached to an aromatic ring is 1. The molecule has 1 aliphatic carbocycles. The van der Waals surface area contributed by atoms with Gasteiger partial charge in [0.05, 0.1) is 5.69 Å². The van der Waals surface area contributed by atoms with E-state index in [1.807, 2.05) is 0 Å². The Kier molecular flexibility index (Phi) is 4.70. The molecule has 23 heavy (non-hydrogen) atoms. The number of hydrogen-bond donors (Lipinski definition) is 4. The second-order valence-electron chi connectivity index (χ2n) is 7.18. The monoisotopic (exact) mass is 319 g/mol. The SMILES string of the molecule is CC1NNC(C)C1CCN(C)c1cc(C2CC(N)C2)nc(N)n1. The van der Waals surface area contributed by atoms with Crippen molar-refractivity contribution in [3.05, 3.63) is 11.8 Å². The topological polar surface area (TPSA) is 105 Å². The molecule has 7 nitrogen and oxygen atoms in total. The molecule has 1 saturated carbocycles. The first-order valence-electron chi connectivity index (χ1n) is 8.56. The zero-order valence-electron chi connectivity index (χ0n) is 14.3. The average molecular weight is 319 g/mol. The third-order valence-corrected chi connectivity index (χ3v) is 5.35. The smallest absolute Gasteiger partial charge is 0.222 e. The van der Waals surface area contributed by atoms with Crippen LogP contribution in [0.5, 0.6) is 0 Å². The predicted molar refractivity (Wildman–Crippen MR) is 93.0 cm³/mol. The van der Waals surface area contributed by atoms with Gasteiger partial charge >= 0.3 is 0 Å². The van der Waals surface area contributed by atoms with Crippen LogP contribution in [-0.4, -0.2) is 41.7 Å². The molecule has 0 aromatic carbocycles. The Morgan fingerprint density at radius 3 is 2.48 bits per heavy atom. The maximum atomic E-state index is 5.91. The van der Waals surface area contributed by atoms with Crippen molar-refractivity contribution < 1.29 is 0 Å². The molecule has 0 amide bonds. The summed E-state index contributed by atoms with van der Waals surface area (Å²) < 4.78 is 0. The summed E-state index contributed by atoms with van der Waals surface area (Å²) in [7, 11) is 2.07. The predicted octanol–water partition coefficient (Wildman–Crippen LogP) is 0.591. The van der Waals surface area contributed by atoms with Crippen LogP contribution < -0.4 is 27.2 Å². The fraction of sp³-hybridized carbons (Fsp3) is 0.750. The number of aromatic nitrogens is 2. The molecule has 1 saturated heterocycles. The summed E-state index contributed by atoms with van der Waals surface area (Å²) in [6, 6.07) is 3.36. The molecule has 7 heteroatoms. The molecule has 2 heterocycles. The lowest BCUT2D eigenvalue weighted by atomic mass is 9.78. The van der Waals surface area contributed by atoms with Gasteiger partial charge in [0.25, 0.3) is 0 Å². The zero-order chi connectivity index (χ0) is 16.6. The lowest BCUT2D eigenvalue weighted by Crippen LogP contribution is -2.35. The Labute approximate surface area is 138 Å². The van der Waals surface area contributed by atoms with E-state index in [1.165, 1.54) is 0 Å². The number of hydrazine groups is 1. The van der Waals surface area contributed by atoms with Gasteiger partial charge in [-0.1, -0.05) is 0 Å². The van der Waals surface area contributed by atoms with E-state index in [4.69, 9.17) is 11.5 Å². The van der Waals surface area contributed by atoms with Crippen LogP contribution in [-0.2, 0) is 0 Å². The molecule has 128 valence electrons. The highest BCUT2D eigenvalue weighted by Gasteiger charge is 2.31. The summed E-state index contributed by atoms with van der Waals surface area (Å²) in [6.45, 7) is 5.40. The van der Waals surface area contributed by atoms with Crippen LogP contribution in [0.1, 0.15) is 44.7 Å². The maximum Gasteiger partial charge on any atom is 0.222 e. The van der Waals surface area contributed by atoms with Crippen molar-refractivity contribution in [1.29, 1.82) is 0 Å². The van der Waals surface area contributed by atoms with Crippen molar-refractivity contribution in [3.8, 4) is 0 Å². The molecule has 0 spiro atoms. The first-order chi connectivity index (χ1) is 10.9. The summed E-state index contributed by atoms with van der Waals surface area (Å²) in [4.78, 5) is 11.0. The maximum absolute atomic E-state index is 5.91. The van der Waals surface area contributed by atoms with Crippen LogP contribution in [0, 0.1) is 5.92 Å². The summed E-state index contributed by atoms with van der Waals surface area (Å²) in [5.41, 5.74) is 19.5. The zero-order valence-corrected chi connectivity index (χ0v) is 14.3. The van der Waals surface area contributed by atoms with Gasteiger partial charge in [0.2, 0.25) is 5.95 Å². The standard InChI is InChI=1S/C16H29N7/c1-9-13(10(2)22-21-9)4-5-23(3)15-8-14(19-16(18)20-15)11-6-12(17)7-11/h8-13,21-22H,4-7,17H2,1-3H3,(H2,18,19,20). The number of nitrogens with one attached hydrogen (secondary N) is 2. The van der Waals surface area contributed by atoms with Crippen LogP contribution >= 0.6 is 0 Å². The average Bonchev–Trinajstić information content (AvgIpc) is 2.79. The molecule has 3 rings (SSSR count). The molecule has 1 aliphatic heterocycles. The second-order valence-corrected chi connectivity index (χ2v) is 7.18. The Bertz CT molecular complexity index is 533. The third-order valence-electron chi connectivity index (χ3n) is 5.35. The van der Waals surface area contributed by atoms with Crippen molar-refractivity contribution in [2.75, 3.05) is 24.2 Å². The molecule has 1 aromatic rings. The number of nitrogens with two attached hydrogens (primary N) is 2. The molecular weight excluding hydrogens is 290 g/mol. The van der Waals surface area contributed by atoms with E-state index in [0.29, 0.717) is 35.9 Å². The van der Waals surface area contributed by atoms with Gasteiger partial charge < -0.3 is 16.4 Å². The van der Waals surface area contributed by atoms with E-state index in [9.17, 15) is 0 Å². The quantitative estimate of drug-likeness (QED) is 0.629. The van der Waals surface area contributed by atoms with Crippen LogP contribution in [0.2, 0.25) is 0 Å². The molecule has 2 atom stereocenters. The molecule has 0 bridgehead atoms. The minimum atomic E-state index is 0.308. The van der Waals surface area contributed by atoms with Gasteiger partial charge in [0, 0.05) is 43.7 Å². The van der Waals surface area contributed by atoms with Crippen LogP contribution in [0.15, 0.2) is 6.07 Å². The van der Waals surface area contributed by atoms with Crippen molar-refractivity contribution in [2.45, 2.75) is 57.2 Å². The number of anilines is 2. The van der Waals surface area contributed by atoms with Crippen LogP contribution in [0.25, 0.3) is 0 Å². The van der Waals surface area contributed by atoms with Crippen molar-refractivity contribution >= 4 is 11.8 Å². The van der Waals surface area contributed by atoms with E-state index >= 15 is 0 Å². The highest BCUT2D eigenvalue weighted by atomic mass is 15.4. The summed E-state index contributed by atoms with van der Waals surface area (Å²) in [6.07, 6.45) is 3.09. The molecule has 1 aromatic heterocycles. The van der Waals surface area contributed by atoms with E-state index in [0.717, 1.165) is 37.3 Å². The molecule has 0 radical (unpaired) electrons. The Balaban J connectivity index is 1.63. The lowest BCUT2D eigenvalue weighted by molar-refractivity contribution is 0.345. The lowest BCUT2D eigenvalue weighted by Gasteiger charge is -2.32. The minimum absolute atomic E-state index is 0.308. The normalized spacial score (nSPS) is 33.5. The largest absolute Gasteiger partial charge is 0.368 e. The van der Waals surface area contributed by atoms with Gasteiger partial charge in [-0.05, 0) is 39.0 Å². The summed E-state index contributed by atoms with van der Waals surface area (Å²) in [5, 5.41) is 0. The first-order valence-corrected chi connectivity index (χ1v) is 8.56. The second kappa shape index (κ2) is 6.59. The van der Waals surface area contributed by atoms with Gasteiger partial charge in [-0.2, -0.15) is 4.98 Å². The van der Waals surface area contributed by atoms with Gasteiger partial charge in [0.15, 0.2) is 0 Å². The number of rotatable bonds is 5.